The largest absolute Gasteiger partial charge is 0.381 e. The third-order valence-corrected chi connectivity index (χ3v) is 4.17. The lowest BCUT2D eigenvalue weighted by molar-refractivity contribution is 0.0801. The van der Waals surface area contributed by atoms with Crippen molar-refractivity contribution < 1.29 is 4.74 Å². The van der Waals surface area contributed by atoms with Crippen LogP contribution in [0.2, 0.25) is 0 Å². The van der Waals surface area contributed by atoms with Crippen LogP contribution in [0, 0.1) is 0 Å². The van der Waals surface area contributed by atoms with Crippen LogP contribution in [0.5, 0.6) is 0 Å². The Balaban J connectivity index is 2.41. The molecule has 106 valence electrons. The molecular weight excluding hydrogens is 232 g/mol. The Labute approximate surface area is 118 Å². The van der Waals surface area contributed by atoms with E-state index >= 15 is 0 Å². The van der Waals surface area contributed by atoms with E-state index in [0.717, 1.165) is 13.2 Å². The monoisotopic (exact) mass is 260 g/mol. The van der Waals surface area contributed by atoms with Gasteiger partial charge in [0.25, 0.3) is 0 Å². The minimum Gasteiger partial charge on any atom is -0.381 e. The van der Waals surface area contributed by atoms with Crippen molar-refractivity contribution in [3.63, 3.8) is 0 Å². The smallest absolute Gasteiger partial charge is 0.0534 e. The van der Waals surface area contributed by atoms with E-state index in [4.69, 9.17) is 4.74 Å². The summed E-state index contributed by atoms with van der Waals surface area (Å²) in [7, 11) is 0. The zero-order chi connectivity index (χ0) is 14.0. The standard InChI is InChI=1S/C18H28O/c1-13(2)16-9-8-15(18(3,4)5)11-17(16)14-7-6-10-19-12-14/h8-9,11,13-14H,6-7,10,12H2,1-5H3. The predicted molar refractivity (Wildman–Crippen MR) is 82.0 cm³/mol. The summed E-state index contributed by atoms with van der Waals surface area (Å²) in [5.74, 6) is 1.18. The molecule has 1 aromatic carbocycles. The van der Waals surface area contributed by atoms with Crippen LogP contribution in [0.15, 0.2) is 18.2 Å². The quantitative estimate of drug-likeness (QED) is 0.727. The second-order valence-electron chi connectivity index (χ2n) is 7.16. The first-order chi connectivity index (χ1) is 8.89. The number of benzene rings is 1. The zero-order valence-corrected chi connectivity index (χ0v) is 13.1. The maximum absolute atomic E-state index is 5.70. The van der Waals surface area contributed by atoms with Crippen LogP contribution in [0.1, 0.15) is 76.0 Å². The second-order valence-corrected chi connectivity index (χ2v) is 7.16. The minimum atomic E-state index is 0.222. The van der Waals surface area contributed by atoms with Gasteiger partial charge in [-0.2, -0.15) is 0 Å². The van der Waals surface area contributed by atoms with Gasteiger partial charge in [-0.05, 0) is 40.9 Å². The highest BCUT2D eigenvalue weighted by molar-refractivity contribution is 5.39. The summed E-state index contributed by atoms with van der Waals surface area (Å²) < 4.78 is 5.70. The number of hydrogen-bond acceptors (Lipinski definition) is 1. The molecule has 2 rings (SSSR count). The van der Waals surface area contributed by atoms with Gasteiger partial charge < -0.3 is 4.74 Å². The van der Waals surface area contributed by atoms with Gasteiger partial charge in [-0.25, -0.2) is 0 Å². The number of ether oxygens (including phenoxy) is 1. The highest BCUT2D eigenvalue weighted by Crippen LogP contribution is 2.35. The van der Waals surface area contributed by atoms with E-state index in [9.17, 15) is 0 Å². The molecule has 0 aliphatic carbocycles. The minimum absolute atomic E-state index is 0.222. The van der Waals surface area contributed by atoms with E-state index in [-0.39, 0.29) is 5.41 Å². The van der Waals surface area contributed by atoms with E-state index in [1.54, 1.807) is 0 Å². The zero-order valence-electron chi connectivity index (χ0n) is 13.1. The molecule has 0 aromatic heterocycles. The Hall–Kier alpha value is -0.820. The first-order valence-electron chi connectivity index (χ1n) is 7.61. The molecule has 1 unspecified atom stereocenters. The fraction of sp³-hybridized carbons (Fsp3) is 0.667. The van der Waals surface area contributed by atoms with Gasteiger partial charge >= 0.3 is 0 Å². The topological polar surface area (TPSA) is 9.23 Å². The van der Waals surface area contributed by atoms with Gasteiger partial charge in [0, 0.05) is 12.5 Å². The van der Waals surface area contributed by atoms with Gasteiger partial charge in [-0.1, -0.05) is 52.8 Å². The molecule has 1 aliphatic rings. The van der Waals surface area contributed by atoms with E-state index in [1.807, 2.05) is 0 Å². The van der Waals surface area contributed by atoms with Crippen molar-refractivity contribution in [1.29, 1.82) is 0 Å². The van der Waals surface area contributed by atoms with Gasteiger partial charge in [0.1, 0.15) is 0 Å². The van der Waals surface area contributed by atoms with Gasteiger partial charge in [0.2, 0.25) is 0 Å². The summed E-state index contributed by atoms with van der Waals surface area (Å²) in [6.07, 6.45) is 2.47. The van der Waals surface area contributed by atoms with E-state index in [1.165, 1.54) is 29.5 Å². The molecule has 1 heteroatoms. The van der Waals surface area contributed by atoms with Gasteiger partial charge in [0.05, 0.1) is 6.61 Å². The Kier molecular flexibility index (Phi) is 4.35. The molecule has 1 aromatic rings. The third kappa shape index (κ3) is 3.39. The van der Waals surface area contributed by atoms with Crippen molar-refractivity contribution in [1.82, 2.24) is 0 Å². The normalized spacial score (nSPS) is 20.8. The number of rotatable bonds is 2. The molecule has 0 spiro atoms. The second kappa shape index (κ2) is 5.66. The molecule has 0 bridgehead atoms. The fourth-order valence-electron chi connectivity index (χ4n) is 2.91. The first kappa shape index (κ1) is 14.6. The maximum atomic E-state index is 5.70. The molecule has 1 atom stereocenters. The molecule has 0 radical (unpaired) electrons. The average molecular weight is 260 g/mol. The molecule has 0 N–H and O–H groups in total. The summed E-state index contributed by atoms with van der Waals surface area (Å²) >= 11 is 0. The molecule has 19 heavy (non-hydrogen) atoms. The van der Waals surface area contributed by atoms with Crippen molar-refractivity contribution in [3.05, 3.63) is 34.9 Å². The summed E-state index contributed by atoms with van der Waals surface area (Å²) in [5, 5.41) is 0. The lowest BCUT2D eigenvalue weighted by Crippen LogP contribution is -2.19. The highest BCUT2D eigenvalue weighted by atomic mass is 16.5. The Morgan fingerprint density at radius 1 is 1.21 bits per heavy atom. The molecule has 0 saturated carbocycles. The molecule has 1 saturated heterocycles. The maximum Gasteiger partial charge on any atom is 0.0534 e. The first-order valence-corrected chi connectivity index (χ1v) is 7.61. The van der Waals surface area contributed by atoms with E-state index in [0.29, 0.717) is 11.8 Å². The predicted octanol–water partition coefficient (Wildman–Crippen LogP) is 5.00. The van der Waals surface area contributed by atoms with E-state index in [2.05, 4.69) is 52.8 Å². The SMILES string of the molecule is CC(C)c1ccc(C(C)(C)C)cc1C1CCCOC1. The van der Waals surface area contributed by atoms with Gasteiger partial charge in [-0.3, -0.25) is 0 Å². The summed E-state index contributed by atoms with van der Waals surface area (Å²) in [6, 6.07) is 7.09. The lowest BCUT2D eigenvalue weighted by atomic mass is 9.80. The van der Waals surface area contributed by atoms with E-state index < -0.39 is 0 Å². The van der Waals surface area contributed by atoms with Crippen molar-refractivity contribution in [2.24, 2.45) is 0 Å². The van der Waals surface area contributed by atoms with Crippen LogP contribution in [-0.4, -0.2) is 13.2 Å². The Morgan fingerprint density at radius 2 is 1.95 bits per heavy atom. The lowest BCUT2D eigenvalue weighted by Gasteiger charge is -2.28. The number of hydrogen-bond donors (Lipinski definition) is 0. The van der Waals surface area contributed by atoms with Gasteiger partial charge in [-0.15, -0.1) is 0 Å². The van der Waals surface area contributed by atoms with Gasteiger partial charge in [0.15, 0.2) is 0 Å². The van der Waals surface area contributed by atoms with Crippen molar-refractivity contribution in [3.8, 4) is 0 Å². The molecule has 1 heterocycles. The average Bonchev–Trinajstić information content (AvgIpc) is 2.38. The molecule has 1 fully saturated rings. The van der Waals surface area contributed by atoms with Crippen LogP contribution in [0.4, 0.5) is 0 Å². The Morgan fingerprint density at radius 3 is 2.47 bits per heavy atom. The summed E-state index contributed by atoms with van der Waals surface area (Å²) in [4.78, 5) is 0. The van der Waals surface area contributed by atoms with Crippen molar-refractivity contribution in [2.75, 3.05) is 13.2 Å². The molecule has 1 nitrogen and oxygen atoms in total. The van der Waals surface area contributed by atoms with Crippen LogP contribution in [0.25, 0.3) is 0 Å². The fourth-order valence-corrected chi connectivity index (χ4v) is 2.91. The van der Waals surface area contributed by atoms with Crippen molar-refractivity contribution in [2.45, 2.75) is 64.7 Å². The highest BCUT2D eigenvalue weighted by Gasteiger charge is 2.23. The third-order valence-electron chi connectivity index (χ3n) is 4.17. The summed E-state index contributed by atoms with van der Waals surface area (Å²) in [5.41, 5.74) is 4.70. The molecule has 0 amide bonds. The molecule has 1 aliphatic heterocycles. The Bertz CT molecular complexity index is 420. The summed E-state index contributed by atoms with van der Waals surface area (Å²) in [6.45, 7) is 13.3. The molecular formula is C18H28O. The van der Waals surface area contributed by atoms with Crippen molar-refractivity contribution >= 4 is 0 Å². The van der Waals surface area contributed by atoms with Crippen LogP contribution >= 0.6 is 0 Å². The van der Waals surface area contributed by atoms with Crippen LogP contribution in [-0.2, 0) is 10.2 Å². The van der Waals surface area contributed by atoms with Crippen LogP contribution < -0.4 is 0 Å². The van der Waals surface area contributed by atoms with Crippen LogP contribution in [0.3, 0.4) is 0 Å².